The lowest BCUT2D eigenvalue weighted by atomic mass is 9.73. The van der Waals surface area contributed by atoms with Crippen molar-refractivity contribution in [2.24, 2.45) is 0 Å². The smallest absolute Gasteiger partial charge is 0.237 e. The van der Waals surface area contributed by atoms with Gasteiger partial charge in [-0.05, 0) is 43.6 Å². The second-order valence-electron chi connectivity index (χ2n) is 7.80. The van der Waals surface area contributed by atoms with Crippen molar-refractivity contribution in [3.63, 3.8) is 0 Å². The van der Waals surface area contributed by atoms with Crippen molar-refractivity contribution in [2.45, 2.75) is 44.6 Å². The fourth-order valence-corrected chi connectivity index (χ4v) is 4.30. The maximum atomic E-state index is 13.0. The molecule has 1 aromatic carbocycles. The maximum absolute atomic E-state index is 13.0. The van der Waals surface area contributed by atoms with Gasteiger partial charge in [0.1, 0.15) is 5.82 Å². The number of carbonyl (C=O) groups excluding carboxylic acids is 1. The van der Waals surface area contributed by atoms with Crippen LogP contribution in [-0.2, 0) is 16.8 Å². The van der Waals surface area contributed by atoms with Crippen molar-refractivity contribution >= 4 is 11.6 Å². The topological polar surface area (TPSA) is 49.3 Å². The summed E-state index contributed by atoms with van der Waals surface area (Å²) in [7, 11) is 1.90. The molecule has 5 heteroatoms. The minimum absolute atomic E-state index is 0.252. The number of carbonyl (C=O) groups is 1. The lowest BCUT2D eigenvalue weighted by Crippen LogP contribution is -2.47. The third-order valence-corrected chi connectivity index (χ3v) is 5.84. The van der Waals surface area contributed by atoms with E-state index in [1.54, 1.807) is 0 Å². The highest BCUT2D eigenvalue weighted by Crippen LogP contribution is 2.47. The Morgan fingerprint density at radius 2 is 1.88 bits per heavy atom. The third kappa shape index (κ3) is 2.71. The van der Waals surface area contributed by atoms with Crippen LogP contribution in [-0.4, -0.2) is 40.9 Å². The number of nitrogens with zero attached hydrogens (tertiary/aromatic N) is 4. The molecular formula is C21H26N4O. The highest BCUT2D eigenvalue weighted by Gasteiger charge is 2.50. The quantitative estimate of drug-likeness (QED) is 0.853. The number of likely N-dealkylation sites (N-methyl/N-ethyl adjacent to an activating group) is 1. The molecular weight excluding hydrogens is 324 g/mol. The Morgan fingerprint density at radius 1 is 1.15 bits per heavy atom. The molecule has 1 amide bonds. The number of rotatable bonds is 3. The van der Waals surface area contributed by atoms with Gasteiger partial charge in [0.2, 0.25) is 5.91 Å². The summed E-state index contributed by atoms with van der Waals surface area (Å²) in [6.45, 7) is 6.88. The molecule has 5 nitrogen and oxygen atoms in total. The molecule has 3 heterocycles. The Hall–Kier alpha value is -2.27. The average Bonchev–Trinajstić information content (AvgIpc) is 2.87. The van der Waals surface area contributed by atoms with E-state index in [9.17, 15) is 4.79 Å². The number of para-hydroxylation sites is 1. The summed E-state index contributed by atoms with van der Waals surface area (Å²) in [5, 5.41) is 0. The maximum Gasteiger partial charge on any atom is 0.237 e. The summed E-state index contributed by atoms with van der Waals surface area (Å²) in [5.74, 6) is 1.49. The van der Waals surface area contributed by atoms with Crippen molar-refractivity contribution in [2.75, 3.05) is 25.0 Å². The zero-order chi connectivity index (χ0) is 18.3. The van der Waals surface area contributed by atoms with E-state index in [4.69, 9.17) is 4.98 Å². The number of anilines is 1. The number of likely N-dealkylation sites (tertiary alicyclic amines) is 1. The van der Waals surface area contributed by atoms with Gasteiger partial charge in [-0.2, -0.15) is 0 Å². The summed E-state index contributed by atoms with van der Waals surface area (Å²) in [6, 6.07) is 10.3. The molecule has 0 aliphatic carbocycles. The first kappa shape index (κ1) is 17.2. The third-order valence-electron chi connectivity index (χ3n) is 5.84. The Morgan fingerprint density at radius 3 is 2.62 bits per heavy atom. The van der Waals surface area contributed by atoms with Gasteiger partial charge in [0.25, 0.3) is 0 Å². The second-order valence-corrected chi connectivity index (χ2v) is 7.80. The molecule has 0 radical (unpaired) electrons. The number of hydrogen-bond donors (Lipinski definition) is 0. The van der Waals surface area contributed by atoms with Gasteiger partial charge in [0, 0.05) is 31.4 Å². The molecule has 0 N–H and O–H groups in total. The number of piperidine rings is 1. The van der Waals surface area contributed by atoms with Gasteiger partial charge in [-0.1, -0.05) is 32.0 Å². The predicted octanol–water partition coefficient (Wildman–Crippen LogP) is 3.11. The summed E-state index contributed by atoms with van der Waals surface area (Å²) < 4.78 is 0. The first-order valence-electron chi connectivity index (χ1n) is 9.43. The zero-order valence-electron chi connectivity index (χ0n) is 15.8. The standard InChI is InChI=1S/C21H26N4O/c1-15(2)19-22-11-8-16(23-19)14-25-12-9-21(10-13-25)17-6-4-5-7-18(17)24(3)20(21)26/h4-8,11,15H,9-10,12-14H2,1-3H3. The molecule has 2 aliphatic heterocycles. The van der Waals surface area contributed by atoms with Crippen LogP contribution in [0.1, 0.15) is 49.7 Å². The van der Waals surface area contributed by atoms with Gasteiger partial charge in [-0.3, -0.25) is 9.69 Å². The van der Waals surface area contributed by atoms with Crippen LogP contribution in [0.15, 0.2) is 36.5 Å². The minimum atomic E-state index is -0.337. The van der Waals surface area contributed by atoms with E-state index in [1.165, 1.54) is 5.56 Å². The molecule has 1 spiro atoms. The number of aromatic nitrogens is 2. The van der Waals surface area contributed by atoms with Crippen LogP contribution in [0.2, 0.25) is 0 Å². The molecule has 1 saturated heterocycles. The van der Waals surface area contributed by atoms with Crippen LogP contribution in [0, 0.1) is 0 Å². The van der Waals surface area contributed by atoms with Crippen molar-refractivity contribution in [3.05, 3.63) is 53.6 Å². The number of hydrogen-bond acceptors (Lipinski definition) is 4. The first-order valence-corrected chi connectivity index (χ1v) is 9.43. The van der Waals surface area contributed by atoms with Gasteiger partial charge in [0.15, 0.2) is 0 Å². The Bertz CT molecular complexity index is 824. The lowest BCUT2D eigenvalue weighted by Gasteiger charge is -2.38. The van der Waals surface area contributed by atoms with Crippen LogP contribution >= 0.6 is 0 Å². The fourth-order valence-electron chi connectivity index (χ4n) is 4.30. The molecule has 4 rings (SSSR count). The lowest BCUT2D eigenvalue weighted by molar-refractivity contribution is -0.124. The van der Waals surface area contributed by atoms with E-state index < -0.39 is 0 Å². The van der Waals surface area contributed by atoms with Crippen LogP contribution in [0.25, 0.3) is 0 Å². The normalized spacial score (nSPS) is 19.4. The molecule has 1 aromatic heterocycles. The fraction of sp³-hybridized carbons (Fsp3) is 0.476. The molecule has 2 aliphatic rings. The van der Waals surface area contributed by atoms with E-state index in [0.29, 0.717) is 5.92 Å². The number of benzene rings is 1. The molecule has 0 atom stereocenters. The van der Waals surface area contributed by atoms with Crippen LogP contribution in [0.4, 0.5) is 5.69 Å². The summed E-state index contributed by atoms with van der Waals surface area (Å²) in [4.78, 5) is 26.3. The number of amides is 1. The monoisotopic (exact) mass is 350 g/mol. The zero-order valence-corrected chi connectivity index (χ0v) is 15.8. The van der Waals surface area contributed by atoms with E-state index >= 15 is 0 Å². The van der Waals surface area contributed by atoms with Crippen LogP contribution < -0.4 is 4.90 Å². The van der Waals surface area contributed by atoms with E-state index in [0.717, 1.165) is 49.7 Å². The summed E-state index contributed by atoms with van der Waals surface area (Å²) >= 11 is 0. The van der Waals surface area contributed by atoms with Gasteiger partial charge in [-0.25, -0.2) is 9.97 Å². The summed E-state index contributed by atoms with van der Waals surface area (Å²) in [6.07, 6.45) is 3.60. The molecule has 0 bridgehead atoms. The first-order chi connectivity index (χ1) is 12.5. The molecule has 2 aromatic rings. The van der Waals surface area contributed by atoms with E-state index in [2.05, 4.69) is 35.9 Å². The van der Waals surface area contributed by atoms with Gasteiger partial charge in [0.05, 0.1) is 11.1 Å². The van der Waals surface area contributed by atoms with Crippen LogP contribution in [0.3, 0.4) is 0 Å². The highest BCUT2D eigenvalue weighted by molar-refractivity contribution is 6.07. The highest BCUT2D eigenvalue weighted by atomic mass is 16.2. The van der Waals surface area contributed by atoms with Crippen LogP contribution in [0.5, 0.6) is 0 Å². The average molecular weight is 350 g/mol. The van der Waals surface area contributed by atoms with E-state index in [1.807, 2.05) is 36.3 Å². The van der Waals surface area contributed by atoms with Crippen molar-refractivity contribution in [3.8, 4) is 0 Å². The molecule has 1 fully saturated rings. The molecule has 0 saturated carbocycles. The Balaban J connectivity index is 1.50. The molecule has 136 valence electrons. The Labute approximate surface area is 155 Å². The number of fused-ring (bicyclic) bond motifs is 2. The van der Waals surface area contributed by atoms with Gasteiger partial charge in [-0.15, -0.1) is 0 Å². The Kier molecular flexibility index (Phi) is 4.27. The predicted molar refractivity (Wildman–Crippen MR) is 102 cm³/mol. The largest absolute Gasteiger partial charge is 0.314 e. The second kappa shape index (κ2) is 6.47. The van der Waals surface area contributed by atoms with Crippen molar-refractivity contribution in [1.82, 2.24) is 14.9 Å². The SMILES string of the molecule is CC(C)c1nccc(CN2CCC3(CC2)C(=O)N(C)c2ccccc23)n1. The van der Waals surface area contributed by atoms with E-state index in [-0.39, 0.29) is 11.3 Å². The summed E-state index contributed by atoms with van der Waals surface area (Å²) in [5.41, 5.74) is 3.01. The van der Waals surface area contributed by atoms with Gasteiger partial charge < -0.3 is 4.90 Å². The van der Waals surface area contributed by atoms with Gasteiger partial charge >= 0.3 is 0 Å². The molecule has 26 heavy (non-hydrogen) atoms. The minimum Gasteiger partial charge on any atom is -0.314 e. The van der Waals surface area contributed by atoms with Crippen molar-refractivity contribution in [1.29, 1.82) is 0 Å². The molecule has 0 unspecified atom stereocenters. The van der Waals surface area contributed by atoms with Crippen molar-refractivity contribution < 1.29 is 4.79 Å².